The molecule has 54 valence electrons. The van der Waals surface area contributed by atoms with Gasteiger partial charge in [-0.2, -0.15) is 0 Å². The Bertz CT molecular complexity index is 106. The van der Waals surface area contributed by atoms with E-state index in [0.29, 0.717) is 13.2 Å². The second-order valence-corrected chi connectivity index (χ2v) is 3.31. The van der Waals surface area contributed by atoms with E-state index in [0.717, 1.165) is 0 Å². The molecule has 1 aliphatic heterocycles. The Labute approximate surface area is 68.0 Å². The third-order valence-electron chi connectivity index (χ3n) is 0.906. The molecule has 0 radical (unpaired) electrons. The molecule has 0 aromatic heterocycles. The molecule has 0 bridgehead atoms. The summed E-state index contributed by atoms with van der Waals surface area (Å²) in [6, 6.07) is 0. The molecule has 9 heavy (non-hydrogen) atoms. The van der Waals surface area contributed by atoms with Crippen molar-refractivity contribution in [1.82, 2.24) is 0 Å². The number of hydrogen-bond acceptors (Lipinski definition) is 2. The normalized spacial score (nSPS) is 34.3. The molecule has 2 nitrogen and oxygen atoms in total. The van der Waals surface area contributed by atoms with Crippen molar-refractivity contribution in [2.75, 3.05) is 13.2 Å². The Morgan fingerprint density at radius 1 is 1.33 bits per heavy atom. The summed E-state index contributed by atoms with van der Waals surface area (Å²) in [5.74, 6) is 0. The van der Waals surface area contributed by atoms with Gasteiger partial charge in [-0.15, -0.1) is 0 Å². The van der Waals surface area contributed by atoms with Crippen molar-refractivity contribution in [2.24, 2.45) is 0 Å². The Morgan fingerprint density at radius 2 is 2.00 bits per heavy atom. The molecule has 1 saturated heterocycles. The molecule has 0 aromatic carbocycles. The van der Waals surface area contributed by atoms with Gasteiger partial charge in [-0.3, -0.25) is 0 Å². The summed E-state index contributed by atoms with van der Waals surface area (Å²) in [5.41, 5.74) is -0.769. The summed E-state index contributed by atoms with van der Waals surface area (Å²) in [6.07, 6.45) is 0. The monoisotopic (exact) mass is 190 g/mol. The van der Waals surface area contributed by atoms with E-state index in [1.807, 2.05) is 0 Å². The van der Waals surface area contributed by atoms with E-state index < -0.39 is 10.1 Å². The van der Waals surface area contributed by atoms with Gasteiger partial charge in [-0.05, 0) is 0 Å². The molecule has 0 aliphatic carbocycles. The summed E-state index contributed by atoms with van der Waals surface area (Å²) < 4.78 is 8.35. The molecule has 1 aliphatic rings. The van der Waals surface area contributed by atoms with E-state index >= 15 is 0 Å². The van der Waals surface area contributed by atoms with E-state index in [1.54, 1.807) is 0 Å². The molecular formula is C4H5Cl3O2. The van der Waals surface area contributed by atoms with Crippen LogP contribution < -0.4 is 0 Å². The molecule has 0 amide bonds. The second kappa shape index (κ2) is 2.81. The molecule has 1 rings (SSSR count). The summed E-state index contributed by atoms with van der Waals surface area (Å²) in [5, 5.41) is 0. The Morgan fingerprint density at radius 3 is 2.33 bits per heavy atom. The first-order chi connectivity index (χ1) is 4.13. The quantitative estimate of drug-likeness (QED) is 0.543. The average molecular weight is 191 g/mol. The first-order valence-corrected chi connectivity index (χ1v) is 3.59. The van der Waals surface area contributed by atoms with Gasteiger partial charge in [-0.1, -0.05) is 34.8 Å². The fourth-order valence-electron chi connectivity index (χ4n) is 0.492. The topological polar surface area (TPSA) is 18.5 Å². The Balaban J connectivity index is 2.49. The highest BCUT2D eigenvalue weighted by Gasteiger charge is 2.38. The summed E-state index contributed by atoms with van der Waals surface area (Å²) >= 11 is 16.5. The van der Waals surface area contributed by atoms with Crippen molar-refractivity contribution >= 4 is 34.8 Å². The van der Waals surface area contributed by atoms with Gasteiger partial charge in [0.25, 0.3) is 4.52 Å². The highest BCUT2D eigenvalue weighted by atomic mass is 35.5. The lowest BCUT2D eigenvalue weighted by atomic mass is 10.6. The van der Waals surface area contributed by atoms with E-state index in [-0.39, 0.29) is 0 Å². The molecule has 1 fully saturated rings. The predicted octanol–water partition coefficient (Wildman–Crippen LogP) is 1.73. The minimum Gasteiger partial charge on any atom is -0.354 e. The molecule has 0 saturated carbocycles. The third kappa shape index (κ3) is 1.85. The van der Waals surface area contributed by atoms with E-state index in [2.05, 4.69) is 0 Å². The van der Waals surface area contributed by atoms with Crippen molar-refractivity contribution < 1.29 is 9.47 Å². The fourth-order valence-corrected chi connectivity index (χ4v) is 0.924. The van der Waals surface area contributed by atoms with Gasteiger partial charge in [0, 0.05) is 0 Å². The zero-order chi connectivity index (χ0) is 6.91. The Hall–Kier alpha value is 0.790. The molecule has 1 unspecified atom stereocenters. The highest BCUT2D eigenvalue weighted by molar-refractivity contribution is 6.50. The van der Waals surface area contributed by atoms with Crippen LogP contribution in [-0.2, 0) is 9.47 Å². The van der Waals surface area contributed by atoms with Crippen LogP contribution in [0.25, 0.3) is 0 Å². The van der Waals surface area contributed by atoms with Crippen LogP contribution in [0.15, 0.2) is 0 Å². The third-order valence-corrected chi connectivity index (χ3v) is 2.18. The molecule has 1 heterocycles. The smallest absolute Gasteiger partial charge is 0.258 e. The van der Waals surface area contributed by atoms with Crippen LogP contribution in [0, 0.1) is 0 Å². The SMILES string of the molecule is ClC1OCCOC1(Cl)Cl. The standard InChI is InChI=1S/C4H5Cl3O2/c5-3-4(6,7)9-2-1-8-3/h3H,1-2H2. The maximum absolute atomic E-state index is 5.51. The van der Waals surface area contributed by atoms with Crippen LogP contribution in [0.3, 0.4) is 0 Å². The zero-order valence-electron chi connectivity index (χ0n) is 4.44. The molecule has 1 atom stereocenters. The molecular weight excluding hydrogens is 186 g/mol. The summed E-state index contributed by atoms with van der Waals surface area (Å²) in [4.78, 5) is 0. The van der Waals surface area contributed by atoms with Gasteiger partial charge < -0.3 is 9.47 Å². The van der Waals surface area contributed by atoms with Crippen LogP contribution in [-0.4, -0.2) is 23.3 Å². The molecule has 0 aromatic rings. The average Bonchev–Trinajstić information content (AvgIpc) is 1.77. The number of ether oxygens (including phenoxy) is 2. The van der Waals surface area contributed by atoms with Gasteiger partial charge in [0.05, 0.1) is 13.2 Å². The van der Waals surface area contributed by atoms with Crippen LogP contribution in [0.1, 0.15) is 0 Å². The van der Waals surface area contributed by atoms with E-state index in [4.69, 9.17) is 44.3 Å². The minimum atomic E-state index is -1.38. The lowest BCUT2D eigenvalue weighted by Gasteiger charge is -2.29. The Kier molecular flexibility index (Phi) is 2.46. The van der Waals surface area contributed by atoms with Crippen LogP contribution in [0.4, 0.5) is 0 Å². The number of rotatable bonds is 0. The van der Waals surface area contributed by atoms with Gasteiger partial charge >= 0.3 is 0 Å². The predicted molar refractivity (Wildman–Crippen MR) is 36.0 cm³/mol. The van der Waals surface area contributed by atoms with E-state index in [9.17, 15) is 0 Å². The highest BCUT2D eigenvalue weighted by Crippen LogP contribution is 2.33. The maximum Gasteiger partial charge on any atom is 0.258 e. The number of hydrogen-bond donors (Lipinski definition) is 0. The summed E-state index contributed by atoms with van der Waals surface area (Å²) in [6.45, 7) is 0.825. The zero-order valence-corrected chi connectivity index (χ0v) is 6.71. The van der Waals surface area contributed by atoms with Crippen molar-refractivity contribution in [1.29, 1.82) is 0 Å². The van der Waals surface area contributed by atoms with Crippen LogP contribution in [0.5, 0.6) is 0 Å². The number of halogens is 3. The number of alkyl halides is 3. The lowest BCUT2D eigenvalue weighted by Crippen LogP contribution is -2.38. The first-order valence-electron chi connectivity index (χ1n) is 2.40. The summed E-state index contributed by atoms with van der Waals surface area (Å²) in [7, 11) is 0. The van der Waals surface area contributed by atoms with Crippen LogP contribution in [0.2, 0.25) is 0 Å². The molecule has 0 N–H and O–H groups in total. The van der Waals surface area contributed by atoms with Crippen LogP contribution >= 0.6 is 34.8 Å². The van der Waals surface area contributed by atoms with E-state index in [1.165, 1.54) is 0 Å². The van der Waals surface area contributed by atoms with Crippen molar-refractivity contribution in [3.05, 3.63) is 0 Å². The largest absolute Gasteiger partial charge is 0.354 e. The first kappa shape index (κ1) is 7.89. The molecule has 0 spiro atoms. The van der Waals surface area contributed by atoms with Crippen molar-refractivity contribution in [3.8, 4) is 0 Å². The lowest BCUT2D eigenvalue weighted by molar-refractivity contribution is -0.0927. The van der Waals surface area contributed by atoms with Gasteiger partial charge in [-0.25, -0.2) is 0 Å². The van der Waals surface area contributed by atoms with Crippen molar-refractivity contribution in [2.45, 2.75) is 10.1 Å². The van der Waals surface area contributed by atoms with Gasteiger partial charge in [0.15, 0.2) is 5.56 Å². The van der Waals surface area contributed by atoms with Crippen molar-refractivity contribution in [3.63, 3.8) is 0 Å². The fraction of sp³-hybridized carbons (Fsp3) is 1.00. The van der Waals surface area contributed by atoms with Gasteiger partial charge in [0.1, 0.15) is 0 Å². The van der Waals surface area contributed by atoms with Gasteiger partial charge in [0.2, 0.25) is 0 Å². The maximum atomic E-state index is 5.51. The molecule has 5 heteroatoms. The minimum absolute atomic E-state index is 0.385. The second-order valence-electron chi connectivity index (χ2n) is 1.60.